The second kappa shape index (κ2) is 11.6. The summed E-state index contributed by atoms with van der Waals surface area (Å²) < 4.78 is 13.1. The van der Waals surface area contributed by atoms with E-state index in [9.17, 15) is 9.59 Å². The van der Waals surface area contributed by atoms with Crippen molar-refractivity contribution in [3.05, 3.63) is 90.6 Å². The van der Waals surface area contributed by atoms with Crippen LogP contribution in [0, 0.1) is 0 Å². The first-order valence-corrected chi connectivity index (χ1v) is 13.5. The first kappa shape index (κ1) is 26.4. The third-order valence-corrected chi connectivity index (χ3v) is 7.33. The van der Waals surface area contributed by atoms with Crippen LogP contribution in [0.5, 0.6) is 5.75 Å². The summed E-state index contributed by atoms with van der Waals surface area (Å²) in [5.41, 5.74) is 3.60. The molecule has 0 saturated carbocycles. The molecule has 0 spiro atoms. The van der Waals surface area contributed by atoms with Crippen molar-refractivity contribution in [1.82, 2.24) is 4.57 Å². The summed E-state index contributed by atoms with van der Waals surface area (Å²) in [6, 6.07) is 15.0. The average Bonchev–Trinajstić information content (AvgIpc) is 3.20. The van der Waals surface area contributed by atoms with E-state index in [2.05, 4.69) is 35.9 Å². The minimum Gasteiger partial charge on any atom is -0.494 e. The fourth-order valence-electron chi connectivity index (χ4n) is 4.54. The molecule has 3 aromatic rings. The van der Waals surface area contributed by atoms with E-state index in [0.29, 0.717) is 27.2 Å². The molecule has 1 aromatic heterocycles. The highest BCUT2D eigenvalue weighted by Crippen LogP contribution is 2.31. The van der Waals surface area contributed by atoms with Gasteiger partial charge >= 0.3 is 5.97 Å². The lowest BCUT2D eigenvalue weighted by atomic mass is 9.96. The topological polar surface area (TPSA) is 73.1 Å². The molecule has 1 aliphatic rings. The van der Waals surface area contributed by atoms with Crippen molar-refractivity contribution >= 4 is 29.1 Å². The van der Waals surface area contributed by atoms with E-state index in [-0.39, 0.29) is 12.2 Å². The molecule has 4 rings (SSSR count). The van der Waals surface area contributed by atoms with Crippen LogP contribution in [0.25, 0.3) is 6.08 Å². The number of ether oxygens (including phenoxy) is 2. The van der Waals surface area contributed by atoms with E-state index >= 15 is 0 Å². The number of aromatic nitrogens is 1. The number of hydrogen-bond acceptors (Lipinski definition) is 7. The Bertz CT molecular complexity index is 1460. The number of carbonyl (C=O) groups excluding carboxylic acids is 1. The van der Waals surface area contributed by atoms with Gasteiger partial charge < -0.3 is 14.4 Å². The lowest BCUT2D eigenvalue weighted by molar-refractivity contribution is -0.139. The molecule has 0 N–H and O–H groups in total. The number of benzene rings is 2. The SMILES string of the molecule is CCOC(=O)C1=C(C)N=c2s/c(=C\c3ccc(N(CC)CC)cc3)c(=O)n2C1c1ccc(OCC)cc1. The fraction of sp³-hybridized carbons (Fsp3) is 0.345. The number of nitrogens with zero attached hydrogens (tertiary/aromatic N) is 3. The van der Waals surface area contributed by atoms with Crippen LogP contribution in [0.1, 0.15) is 51.8 Å². The highest BCUT2D eigenvalue weighted by Gasteiger charge is 2.33. The monoisotopic (exact) mass is 519 g/mol. The summed E-state index contributed by atoms with van der Waals surface area (Å²) in [4.78, 5) is 34.2. The average molecular weight is 520 g/mol. The zero-order valence-electron chi connectivity index (χ0n) is 22.0. The lowest BCUT2D eigenvalue weighted by Crippen LogP contribution is -2.39. The van der Waals surface area contributed by atoms with Crippen molar-refractivity contribution in [3.63, 3.8) is 0 Å². The van der Waals surface area contributed by atoms with Gasteiger partial charge in [0.05, 0.1) is 35.1 Å². The van der Waals surface area contributed by atoms with E-state index in [1.165, 1.54) is 11.3 Å². The number of thiazole rings is 1. The number of rotatable bonds is 9. The minimum atomic E-state index is -0.641. The number of anilines is 1. The maximum atomic E-state index is 13.7. The van der Waals surface area contributed by atoms with Crippen molar-refractivity contribution in [3.8, 4) is 5.75 Å². The molecular weight excluding hydrogens is 486 g/mol. The van der Waals surface area contributed by atoms with Crippen LogP contribution >= 0.6 is 11.3 Å². The normalized spacial score (nSPS) is 15.3. The highest BCUT2D eigenvalue weighted by atomic mass is 32.1. The predicted octanol–water partition coefficient (Wildman–Crippen LogP) is 4.04. The molecule has 0 aliphatic carbocycles. The van der Waals surface area contributed by atoms with Crippen LogP contribution in [0.15, 0.2) is 69.6 Å². The zero-order chi connectivity index (χ0) is 26.5. The van der Waals surface area contributed by atoms with E-state index in [0.717, 1.165) is 35.7 Å². The number of esters is 1. The predicted molar refractivity (Wildman–Crippen MR) is 148 cm³/mol. The molecule has 7 nitrogen and oxygen atoms in total. The Morgan fingerprint density at radius 3 is 2.30 bits per heavy atom. The van der Waals surface area contributed by atoms with Crippen LogP contribution in [0.2, 0.25) is 0 Å². The molecular formula is C29H33N3O4S. The van der Waals surface area contributed by atoms with Gasteiger partial charge in [-0.3, -0.25) is 9.36 Å². The highest BCUT2D eigenvalue weighted by molar-refractivity contribution is 7.07. The quantitative estimate of drug-likeness (QED) is 0.399. The summed E-state index contributed by atoms with van der Waals surface area (Å²) in [6.45, 7) is 12.4. The number of fused-ring (bicyclic) bond motifs is 1. The maximum absolute atomic E-state index is 13.7. The number of hydrogen-bond donors (Lipinski definition) is 0. The Morgan fingerprint density at radius 1 is 1.03 bits per heavy atom. The molecule has 2 heterocycles. The second-order valence-electron chi connectivity index (χ2n) is 8.57. The molecule has 0 amide bonds. The summed E-state index contributed by atoms with van der Waals surface area (Å²) in [5.74, 6) is 0.258. The van der Waals surface area contributed by atoms with Gasteiger partial charge in [-0.25, -0.2) is 9.79 Å². The summed E-state index contributed by atoms with van der Waals surface area (Å²) in [6.07, 6.45) is 1.88. The molecule has 2 aromatic carbocycles. The van der Waals surface area contributed by atoms with Crippen molar-refractivity contribution < 1.29 is 14.3 Å². The molecule has 0 saturated heterocycles. The molecule has 0 fully saturated rings. The van der Waals surface area contributed by atoms with Crippen LogP contribution in [0.3, 0.4) is 0 Å². The fourth-order valence-corrected chi connectivity index (χ4v) is 5.59. The van der Waals surface area contributed by atoms with E-state index in [4.69, 9.17) is 9.47 Å². The smallest absolute Gasteiger partial charge is 0.338 e. The molecule has 194 valence electrons. The second-order valence-corrected chi connectivity index (χ2v) is 9.58. The Kier molecular flexibility index (Phi) is 8.28. The van der Waals surface area contributed by atoms with Crippen molar-refractivity contribution in [2.75, 3.05) is 31.2 Å². The van der Waals surface area contributed by atoms with Gasteiger partial charge in [0.15, 0.2) is 4.80 Å². The molecule has 0 bridgehead atoms. The first-order valence-electron chi connectivity index (χ1n) is 12.7. The van der Waals surface area contributed by atoms with E-state index < -0.39 is 12.0 Å². The van der Waals surface area contributed by atoms with Gasteiger partial charge in [-0.1, -0.05) is 35.6 Å². The Hall–Kier alpha value is -3.65. The van der Waals surface area contributed by atoms with Gasteiger partial charge in [-0.05, 0) is 76.1 Å². The Balaban J connectivity index is 1.83. The first-order chi connectivity index (χ1) is 17.9. The van der Waals surface area contributed by atoms with Gasteiger partial charge in [-0.15, -0.1) is 0 Å². The Labute approximate surface area is 221 Å². The summed E-state index contributed by atoms with van der Waals surface area (Å²) in [7, 11) is 0. The third-order valence-electron chi connectivity index (χ3n) is 6.34. The minimum absolute atomic E-state index is 0.190. The Morgan fingerprint density at radius 2 is 1.70 bits per heavy atom. The standard InChI is InChI=1S/C29H33N3O4S/c1-6-31(7-2)22-14-10-20(11-15-22)18-24-27(33)32-26(21-12-16-23(17-13-21)35-8-3)25(28(34)36-9-4)19(5)30-29(32)37-24/h10-18,26H,6-9H2,1-5H3/b24-18-. The van der Waals surface area contributed by atoms with Gasteiger partial charge in [0.2, 0.25) is 0 Å². The van der Waals surface area contributed by atoms with Crippen LogP contribution in [-0.4, -0.2) is 36.8 Å². The lowest BCUT2D eigenvalue weighted by Gasteiger charge is -2.24. The van der Waals surface area contributed by atoms with E-state index in [1.807, 2.05) is 49.4 Å². The van der Waals surface area contributed by atoms with Gasteiger partial charge in [-0.2, -0.15) is 0 Å². The third kappa shape index (κ3) is 5.39. The maximum Gasteiger partial charge on any atom is 0.338 e. The van der Waals surface area contributed by atoms with Crippen molar-refractivity contribution in [1.29, 1.82) is 0 Å². The molecule has 1 unspecified atom stereocenters. The number of carbonyl (C=O) groups is 1. The van der Waals surface area contributed by atoms with Crippen molar-refractivity contribution in [2.45, 2.75) is 40.7 Å². The molecule has 1 aliphatic heterocycles. The molecule has 37 heavy (non-hydrogen) atoms. The van der Waals surface area contributed by atoms with Gasteiger partial charge in [0.1, 0.15) is 5.75 Å². The zero-order valence-corrected chi connectivity index (χ0v) is 22.8. The molecule has 1 atom stereocenters. The summed E-state index contributed by atoms with van der Waals surface area (Å²) >= 11 is 1.32. The molecule has 0 radical (unpaired) electrons. The van der Waals surface area contributed by atoms with Crippen LogP contribution in [0.4, 0.5) is 5.69 Å². The van der Waals surface area contributed by atoms with Crippen LogP contribution in [-0.2, 0) is 9.53 Å². The largest absolute Gasteiger partial charge is 0.494 e. The van der Waals surface area contributed by atoms with Crippen molar-refractivity contribution in [2.24, 2.45) is 4.99 Å². The van der Waals surface area contributed by atoms with Gasteiger partial charge in [0, 0.05) is 18.8 Å². The van der Waals surface area contributed by atoms with Crippen LogP contribution < -0.4 is 24.5 Å². The van der Waals surface area contributed by atoms with Gasteiger partial charge in [0.25, 0.3) is 5.56 Å². The van der Waals surface area contributed by atoms with E-state index in [1.54, 1.807) is 18.4 Å². The molecule has 8 heteroatoms. The summed E-state index contributed by atoms with van der Waals surface area (Å²) in [5, 5.41) is 0. The number of allylic oxidation sites excluding steroid dienone is 1.